The molecule has 20 heavy (non-hydrogen) atoms. The number of ether oxygens (including phenoxy) is 1. The molecule has 0 bridgehead atoms. The van der Waals surface area contributed by atoms with E-state index in [1.165, 1.54) is 19.5 Å². The fourth-order valence-corrected chi connectivity index (χ4v) is 1.93. The highest BCUT2D eigenvalue weighted by Gasteiger charge is 2.22. The summed E-state index contributed by atoms with van der Waals surface area (Å²) < 4.78 is 4.97. The van der Waals surface area contributed by atoms with Gasteiger partial charge in [-0.3, -0.25) is 9.78 Å². The van der Waals surface area contributed by atoms with Crippen molar-refractivity contribution in [1.82, 2.24) is 9.97 Å². The van der Waals surface area contributed by atoms with Crippen molar-refractivity contribution in [2.45, 2.75) is 12.3 Å². The Hall–Kier alpha value is -2.14. The van der Waals surface area contributed by atoms with Crippen molar-refractivity contribution < 1.29 is 14.6 Å². The van der Waals surface area contributed by atoms with Gasteiger partial charge in [0.1, 0.15) is 5.92 Å². The summed E-state index contributed by atoms with van der Waals surface area (Å²) in [4.78, 5) is 19.5. The van der Waals surface area contributed by atoms with Crippen LogP contribution < -0.4 is 4.74 Å². The summed E-state index contributed by atoms with van der Waals surface area (Å²) in [6, 6.07) is 7.05. The molecule has 0 saturated heterocycles. The van der Waals surface area contributed by atoms with Gasteiger partial charge < -0.3 is 9.84 Å². The van der Waals surface area contributed by atoms with Crippen molar-refractivity contribution in [3.8, 4) is 5.88 Å². The molecule has 1 aromatic heterocycles. The highest BCUT2D eigenvalue weighted by atomic mass is 35.5. The van der Waals surface area contributed by atoms with E-state index in [1.807, 2.05) is 0 Å². The number of carboxylic acid groups (broad SMARTS) is 1. The predicted octanol–water partition coefficient (Wildman–Crippen LogP) is 2.55. The molecule has 1 unspecified atom stereocenters. The quantitative estimate of drug-likeness (QED) is 0.917. The van der Waals surface area contributed by atoms with E-state index in [2.05, 4.69) is 9.97 Å². The van der Waals surface area contributed by atoms with Gasteiger partial charge >= 0.3 is 5.97 Å². The van der Waals surface area contributed by atoms with Crippen LogP contribution in [0.3, 0.4) is 0 Å². The van der Waals surface area contributed by atoms with Gasteiger partial charge in [-0.25, -0.2) is 4.98 Å². The molecule has 0 saturated carbocycles. The highest BCUT2D eigenvalue weighted by Crippen LogP contribution is 2.22. The second-order valence-corrected chi connectivity index (χ2v) is 4.64. The van der Waals surface area contributed by atoms with Crippen molar-refractivity contribution in [1.29, 1.82) is 0 Å². The largest absolute Gasteiger partial charge is 0.481 e. The third-order valence-electron chi connectivity index (χ3n) is 2.85. The number of benzene rings is 1. The number of hydrogen-bond donors (Lipinski definition) is 1. The number of nitrogens with zero attached hydrogens (tertiary/aromatic N) is 2. The van der Waals surface area contributed by atoms with E-state index in [9.17, 15) is 9.90 Å². The van der Waals surface area contributed by atoms with Gasteiger partial charge in [0.2, 0.25) is 5.88 Å². The summed E-state index contributed by atoms with van der Waals surface area (Å²) in [5.41, 5.74) is 1.23. The Morgan fingerprint density at radius 2 is 2.05 bits per heavy atom. The molecule has 0 aliphatic carbocycles. The van der Waals surface area contributed by atoms with Crippen molar-refractivity contribution in [2.24, 2.45) is 0 Å². The molecule has 6 heteroatoms. The first-order chi connectivity index (χ1) is 9.60. The lowest BCUT2D eigenvalue weighted by molar-refractivity contribution is -0.138. The Balaban J connectivity index is 2.26. The number of aliphatic carboxylic acids is 1. The molecule has 104 valence electrons. The molecular formula is C14H13ClN2O3. The zero-order chi connectivity index (χ0) is 14.5. The van der Waals surface area contributed by atoms with Crippen LogP contribution in [0.25, 0.3) is 0 Å². The summed E-state index contributed by atoms with van der Waals surface area (Å²) in [6.45, 7) is 0. The maximum atomic E-state index is 11.4. The summed E-state index contributed by atoms with van der Waals surface area (Å²) in [5.74, 6) is -1.44. The van der Waals surface area contributed by atoms with E-state index in [0.29, 0.717) is 23.0 Å². The minimum atomic E-state index is -0.956. The number of methoxy groups -OCH3 is 1. The summed E-state index contributed by atoms with van der Waals surface area (Å²) >= 11 is 5.81. The fourth-order valence-electron chi connectivity index (χ4n) is 1.80. The molecule has 0 fully saturated rings. The standard InChI is InChI=1S/C14H13ClN2O3/c1-20-13-8-16-7-12(17-13)11(14(18)19)6-9-2-4-10(15)5-3-9/h2-5,7-8,11H,6H2,1H3,(H,18,19). The average Bonchev–Trinajstić information content (AvgIpc) is 2.46. The van der Waals surface area contributed by atoms with Gasteiger partial charge in [0.15, 0.2) is 0 Å². The van der Waals surface area contributed by atoms with Crippen LogP contribution in [0.2, 0.25) is 5.02 Å². The maximum absolute atomic E-state index is 11.4. The van der Waals surface area contributed by atoms with Crippen LogP contribution in [0.5, 0.6) is 5.88 Å². The van der Waals surface area contributed by atoms with Gasteiger partial charge in [0.25, 0.3) is 0 Å². The Morgan fingerprint density at radius 1 is 1.35 bits per heavy atom. The predicted molar refractivity (Wildman–Crippen MR) is 74.1 cm³/mol. The van der Waals surface area contributed by atoms with Gasteiger partial charge in [-0.05, 0) is 24.1 Å². The third kappa shape index (κ3) is 3.45. The number of hydrogen-bond acceptors (Lipinski definition) is 4. The minimum absolute atomic E-state index is 0.296. The van der Waals surface area contributed by atoms with E-state index in [1.54, 1.807) is 24.3 Å². The average molecular weight is 293 g/mol. The van der Waals surface area contributed by atoms with Gasteiger partial charge in [0.05, 0.1) is 19.0 Å². The van der Waals surface area contributed by atoms with Crippen LogP contribution in [0.4, 0.5) is 0 Å². The summed E-state index contributed by atoms with van der Waals surface area (Å²) in [5, 5.41) is 9.98. The van der Waals surface area contributed by atoms with E-state index in [4.69, 9.17) is 16.3 Å². The second-order valence-electron chi connectivity index (χ2n) is 4.21. The first-order valence-corrected chi connectivity index (χ1v) is 6.31. The number of rotatable bonds is 5. The highest BCUT2D eigenvalue weighted by molar-refractivity contribution is 6.30. The topological polar surface area (TPSA) is 72.3 Å². The molecule has 2 rings (SSSR count). The molecule has 0 aliphatic heterocycles. The molecule has 0 radical (unpaired) electrons. The molecule has 2 aromatic rings. The molecule has 5 nitrogen and oxygen atoms in total. The first-order valence-electron chi connectivity index (χ1n) is 5.93. The lowest BCUT2D eigenvalue weighted by Crippen LogP contribution is -2.16. The lowest BCUT2D eigenvalue weighted by Gasteiger charge is -2.12. The Morgan fingerprint density at radius 3 is 2.65 bits per heavy atom. The normalized spacial score (nSPS) is 11.9. The maximum Gasteiger partial charge on any atom is 0.312 e. The number of carbonyl (C=O) groups is 1. The van der Waals surface area contributed by atoms with Crippen LogP contribution >= 0.6 is 11.6 Å². The van der Waals surface area contributed by atoms with Gasteiger partial charge in [-0.2, -0.15) is 0 Å². The molecular weight excluding hydrogens is 280 g/mol. The molecule has 0 aliphatic rings. The van der Waals surface area contributed by atoms with Crippen LogP contribution in [0.1, 0.15) is 17.2 Å². The molecule has 1 heterocycles. The molecule has 1 aromatic carbocycles. The Kier molecular flexibility index (Phi) is 4.53. The number of aromatic nitrogens is 2. The second kappa shape index (κ2) is 6.34. The zero-order valence-electron chi connectivity index (χ0n) is 10.8. The van der Waals surface area contributed by atoms with Gasteiger partial charge in [0, 0.05) is 11.2 Å². The molecule has 0 amide bonds. The Labute approximate surface area is 121 Å². The Bertz CT molecular complexity index is 602. The lowest BCUT2D eigenvalue weighted by atomic mass is 9.96. The molecule has 0 spiro atoms. The SMILES string of the molecule is COc1cncc(C(Cc2ccc(Cl)cc2)C(=O)O)n1. The van der Waals surface area contributed by atoms with Gasteiger partial charge in [-0.1, -0.05) is 23.7 Å². The van der Waals surface area contributed by atoms with E-state index in [0.717, 1.165) is 5.56 Å². The van der Waals surface area contributed by atoms with E-state index >= 15 is 0 Å². The zero-order valence-corrected chi connectivity index (χ0v) is 11.5. The first kappa shape index (κ1) is 14.3. The number of carboxylic acids is 1. The van der Waals surface area contributed by atoms with E-state index in [-0.39, 0.29) is 0 Å². The minimum Gasteiger partial charge on any atom is -0.481 e. The van der Waals surface area contributed by atoms with Crippen LogP contribution in [-0.2, 0) is 11.2 Å². The van der Waals surface area contributed by atoms with Crippen molar-refractivity contribution >= 4 is 17.6 Å². The third-order valence-corrected chi connectivity index (χ3v) is 3.10. The summed E-state index contributed by atoms with van der Waals surface area (Å²) in [7, 11) is 1.46. The van der Waals surface area contributed by atoms with Crippen molar-refractivity contribution in [3.05, 3.63) is 52.9 Å². The number of halogens is 1. The van der Waals surface area contributed by atoms with Gasteiger partial charge in [-0.15, -0.1) is 0 Å². The molecule has 1 N–H and O–H groups in total. The summed E-state index contributed by atoms with van der Waals surface area (Å²) in [6.07, 6.45) is 3.19. The van der Waals surface area contributed by atoms with Crippen LogP contribution in [0.15, 0.2) is 36.7 Å². The fraction of sp³-hybridized carbons (Fsp3) is 0.214. The smallest absolute Gasteiger partial charge is 0.312 e. The monoisotopic (exact) mass is 292 g/mol. The van der Waals surface area contributed by atoms with E-state index < -0.39 is 11.9 Å². The van der Waals surface area contributed by atoms with Crippen molar-refractivity contribution in [3.63, 3.8) is 0 Å². The van der Waals surface area contributed by atoms with Crippen molar-refractivity contribution in [2.75, 3.05) is 7.11 Å². The van der Waals surface area contributed by atoms with Crippen LogP contribution in [0, 0.1) is 0 Å². The molecule has 1 atom stereocenters. The van der Waals surface area contributed by atoms with Crippen LogP contribution in [-0.4, -0.2) is 28.2 Å².